The van der Waals surface area contributed by atoms with Gasteiger partial charge in [-0.2, -0.15) is 0 Å². The van der Waals surface area contributed by atoms with Crippen molar-refractivity contribution in [2.24, 2.45) is 0 Å². The van der Waals surface area contributed by atoms with E-state index in [4.69, 9.17) is 11.1 Å². The van der Waals surface area contributed by atoms with Crippen LogP contribution in [0.3, 0.4) is 0 Å². The SMILES string of the molecule is CCC(CC)NC(=O)c1ccc(N)c(C(=N)c2ccccn2)c1. The molecule has 5 heteroatoms. The topological polar surface area (TPSA) is 91.9 Å². The predicted molar refractivity (Wildman–Crippen MR) is 92.9 cm³/mol. The molecule has 120 valence electrons. The summed E-state index contributed by atoms with van der Waals surface area (Å²) in [4.78, 5) is 16.5. The highest BCUT2D eigenvalue weighted by atomic mass is 16.1. The maximum absolute atomic E-state index is 12.4. The van der Waals surface area contributed by atoms with E-state index in [0.29, 0.717) is 22.5 Å². The zero-order valence-electron chi connectivity index (χ0n) is 13.5. The van der Waals surface area contributed by atoms with Crippen molar-refractivity contribution in [3.05, 3.63) is 59.4 Å². The van der Waals surface area contributed by atoms with E-state index < -0.39 is 0 Å². The summed E-state index contributed by atoms with van der Waals surface area (Å²) in [6, 6.07) is 10.5. The first-order valence-corrected chi connectivity index (χ1v) is 7.77. The van der Waals surface area contributed by atoms with Crippen LogP contribution in [-0.4, -0.2) is 22.6 Å². The van der Waals surface area contributed by atoms with Crippen molar-refractivity contribution < 1.29 is 4.79 Å². The van der Waals surface area contributed by atoms with Crippen molar-refractivity contribution in [1.82, 2.24) is 10.3 Å². The molecule has 1 aromatic heterocycles. The zero-order chi connectivity index (χ0) is 16.8. The van der Waals surface area contributed by atoms with Crippen molar-refractivity contribution in [2.75, 3.05) is 5.73 Å². The van der Waals surface area contributed by atoms with Gasteiger partial charge in [0.25, 0.3) is 5.91 Å². The summed E-state index contributed by atoms with van der Waals surface area (Å²) in [6.07, 6.45) is 3.39. The van der Waals surface area contributed by atoms with E-state index in [1.54, 1.807) is 36.5 Å². The van der Waals surface area contributed by atoms with E-state index in [0.717, 1.165) is 12.8 Å². The molecule has 0 spiro atoms. The lowest BCUT2D eigenvalue weighted by molar-refractivity contribution is 0.0935. The highest BCUT2D eigenvalue weighted by Crippen LogP contribution is 2.18. The molecule has 1 heterocycles. The molecule has 2 rings (SSSR count). The third-order valence-corrected chi connectivity index (χ3v) is 3.83. The number of nitrogens with two attached hydrogens (primary N) is 1. The monoisotopic (exact) mass is 310 g/mol. The van der Waals surface area contributed by atoms with E-state index >= 15 is 0 Å². The molecule has 1 aromatic carbocycles. The number of nitrogen functional groups attached to an aromatic ring is 1. The molecule has 0 aliphatic heterocycles. The molecule has 0 aliphatic rings. The second-order valence-electron chi connectivity index (χ2n) is 5.38. The highest BCUT2D eigenvalue weighted by Gasteiger charge is 2.15. The Bertz CT molecular complexity index is 693. The van der Waals surface area contributed by atoms with Gasteiger partial charge in [0.05, 0.1) is 11.4 Å². The summed E-state index contributed by atoms with van der Waals surface area (Å²) < 4.78 is 0. The number of amides is 1. The van der Waals surface area contributed by atoms with Crippen LogP contribution in [0, 0.1) is 5.41 Å². The van der Waals surface area contributed by atoms with Gasteiger partial charge in [-0.25, -0.2) is 0 Å². The van der Waals surface area contributed by atoms with Crippen molar-refractivity contribution in [3.63, 3.8) is 0 Å². The van der Waals surface area contributed by atoms with Crippen molar-refractivity contribution in [3.8, 4) is 0 Å². The third kappa shape index (κ3) is 3.94. The minimum Gasteiger partial charge on any atom is -0.398 e. The summed E-state index contributed by atoms with van der Waals surface area (Å²) in [6.45, 7) is 4.08. The van der Waals surface area contributed by atoms with Crippen LogP contribution >= 0.6 is 0 Å². The van der Waals surface area contributed by atoms with Gasteiger partial charge in [-0.3, -0.25) is 15.2 Å². The average Bonchev–Trinajstić information content (AvgIpc) is 2.60. The summed E-state index contributed by atoms with van der Waals surface area (Å²) in [5.74, 6) is -0.145. The number of aromatic nitrogens is 1. The number of pyridine rings is 1. The smallest absolute Gasteiger partial charge is 0.251 e. The Kier molecular flexibility index (Phi) is 5.46. The first-order chi connectivity index (χ1) is 11.1. The van der Waals surface area contributed by atoms with Crippen LogP contribution in [0.15, 0.2) is 42.6 Å². The fourth-order valence-electron chi connectivity index (χ4n) is 2.32. The largest absolute Gasteiger partial charge is 0.398 e. The number of benzene rings is 1. The second-order valence-corrected chi connectivity index (χ2v) is 5.38. The molecule has 0 radical (unpaired) electrons. The molecule has 0 fully saturated rings. The molecule has 0 aliphatic carbocycles. The van der Waals surface area contributed by atoms with Crippen LogP contribution in [0.2, 0.25) is 0 Å². The van der Waals surface area contributed by atoms with Crippen LogP contribution in [0.5, 0.6) is 0 Å². The van der Waals surface area contributed by atoms with Crippen molar-refractivity contribution in [2.45, 2.75) is 32.7 Å². The van der Waals surface area contributed by atoms with E-state index in [2.05, 4.69) is 10.3 Å². The lowest BCUT2D eigenvalue weighted by Crippen LogP contribution is -2.33. The van der Waals surface area contributed by atoms with Crippen molar-refractivity contribution in [1.29, 1.82) is 5.41 Å². The van der Waals surface area contributed by atoms with E-state index in [9.17, 15) is 4.79 Å². The number of rotatable bonds is 6. The summed E-state index contributed by atoms with van der Waals surface area (Å²) in [5.41, 5.74) is 8.19. The van der Waals surface area contributed by atoms with Crippen LogP contribution < -0.4 is 11.1 Å². The minimum absolute atomic E-state index is 0.145. The van der Waals surface area contributed by atoms with E-state index in [1.165, 1.54) is 0 Å². The van der Waals surface area contributed by atoms with Gasteiger partial charge in [0.15, 0.2) is 0 Å². The van der Waals surface area contributed by atoms with Gasteiger partial charge in [0, 0.05) is 29.1 Å². The van der Waals surface area contributed by atoms with Gasteiger partial charge in [-0.05, 0) is 43.2 Å². The first kappa shape index (κ1) is 16.7. The second kappa shape index (κ2) is 7.54. The molecule has 0 saturated heterocycles. The average molecular weight is 310 g/mol. The molecular formula is C18H22N4O. The Morgan fingerprint density at radius 1 is 1.26 bits per heavy atom. The predicted octanol–water partition coefficient (Wildman–Crippen LogP) is 3.00. The number of hydrogen-bond donors (Lipinski definition) is 3. The van der Waals surface area contributed by atoms with Gasteiger partial charge in [0.1, 0.15) is 0 Å². The third-order valence-electron chi connectivity index (χ3n) is 3.83. The standard InChI is InChI=1S/C18H22N4O/c1-3-13(4-2)22-18(23)12-8-9-15(19)14(11-12)17(20)16-7-5-6-10-21-16/h5-11,13,20H,3-4,19H2,1-2H3,(H,22,23). The van der Waals surface area contributed by atoms with Gasteiger partial charge in [-0.1, -0.05) is 19.9 Å². The fraction of sp³-hybridized carbons (Fsp3) is 0.278. The van der Waals surface area contributed by atoms with Gasteiger partial charge >= 0.3 is 0 Å². The van der Waals surface area contributed by atoms with Gasteiger partial charge < -0.3 is 11.1 Å². The minimum atomic E-state index is -0.145. The summed E-state index contributed by atoms with van der Waals surface area (Å²) in [7, 11) is 0. The molecule has 0 bridgehead atoms. The van der Waals surface area contributed by atoms with Crippen LogP contribution in [0.1, 0.15) is 48.3 Å². The number of carbonyl (C=O) groups is 1. The lowest BCUT2D eigenvalue weighted by atomic mass is 10.0. The normalized spacial score (nSPS) is 10.6. The molecule has 4 N–H and O–H groups in total. The lowest BCUT2D eigenvalue weighted by Gasteiger charge is -2.15. The fourth-order valence-corrected chi connectivity index (χ4v) is 2.32. The van der Waals surface area contributed by atoms with E-state index in [-0.39, 0.29) is 17.7 Å². The van der Waals surface area contributed by atoms with E-state index in [1.807, 2.05) is 19.9 Å². The Morgan fingerprint density at radius 3 is 2.61 bits per heavy atom. The Hall–Kier alpha value is -2.69. The molecule has 0 unspecified atom stereocenters. The summed E-state index contributed by atoms with van der Waals surface area (Å²) >= 11 is 0. The molecule has 23 heavy (non-hydrogen) atoms. The Labute approximate surface area is 136 Å². The number of nitrogens with one attached hydrogen (secondary N) is 2. The quantitative estimate of drug-likeness (QED) is 0.565. The van der Waals surface area contributed by atoms with Gasteiger partial charge in [-0.15, -0.1) is 0 Å². The van der Waals surface area contributed by atoms with Crippen LogP contribution in [-0.2, 0) is 0 Å². The molecular weight excluding hydrogens is 288 g/mol. The molecule has 0 atom stereocenters. The van der Waals surface area contributed by atoms with Gasteiger partial charge in [0.2, 0.25) is 0 Å². The first-order valence-electron chi connectivity index (χ1n) is 7.77. The maximum atomic E-state index is 12.4. The Morgan fingerprint density at radius 2 is 2.00 bits per heavy atom. The molecule has 5 nitrogen and oxygen atoms in total. The number of carbonyl (C=O) groups excluding carboxylic acids is 1. The molecule has 0 saturated carbocycles. The van der Waals surface area contributed by atoms with Crippen molar-refractivity contribution >= 4 is 17.3 Å². The summed E-state index contributed by atoms with van der Waals surface area (Å²) in [5, 5.41) is 11.3. The zero-order valence-corrected chi connectivity index (χ0v) is 13.5. The van der Waals surface area contributed by atoms with Crippen LogP contribution in [0.25, 0.3) is 0 Å². The number of anilines is 1. The number of nitrogens with zero attached hydrogens (tertiary/aromatic N) is 1. The molecule has 1 amide bonds. The van der Waals surface area contributed by atoms with Crippen LogP contribution in [0.4, 0.5) is 5.69 Å². The number of hydrogen-bond acceptors (Lipinski definition) is 4. The molecule has 2 aromatic rings. The Balaban J connectivity index is 2.29. The maximum Gasteiger partial charge on any atom is 0.251 e. The highest BCUT2D eigenvalue weighted by molar-refractivity contribution is 6.13.